The summed E-state index contributed by atoms with van der Waals surface area (Å²) in [5.41, 5.74) is 0.621. The summed E-state index contributed by atoms with van der Waals surface area (Å²) in [6.45, 7) is 2.91. The third-order valence-electron chi connectivity index (χ3n) is 3.70. The second-order valence-electron chi connectivity index (χ2n) is 5.69. The highest BCUT2D eigenvalue weighted by Crippen LogP contribution is 2.29. The van der Waals surface area contributed by atoms with E-state index in [-0.39, 0.29) is 28.8 Å². The summed E-state index contributed by atoms with van der Waals surface area (Å²) in [7, 11) is -1.79. The van der Waals surface area contributed by atoms with E-state index in [4.69, 9.17) is 9.47 Å². The minimum Gasteiger partial charge on any atom is -0.456 e. The van der Waals surface area contributed by atoms with Gasteiger partial charge in [-0.15, -0.1) is 0 Å². The molecule has 0 aliphatic heterocycles. The maximum Gasteiger partial charge on any atom is 0.238 e. The number of nitrogens with one attached hydrogen (secondary N) is 2. The maximum atomic E-state index is 12.2. The van der Waals surface area contributed by atoms with Crippen molar-refractivity contribution < 1.29 is 22.7 Å². The van der Waals surface area contributed by atoms with Crippen molar-refractivity contribution in [2.45, 2.75) is 11.8 Å². The zero-order chi connectivity index (χ0) is 19.7. The first-order chi connectivity index (χ1) is 13.0. The van der Waals surface area contributed by atoms with Crippen molar-refractivity contribution in [2.24, 2.45) is 0 Å². The molecule has 0 heterocycles. The van der Waals surface area contributed by atoms with Crippen LogP contribution >= 0.6 is 0 Å². The highest BCUT2D eigenvalue weighted by atomic mass is 32.2. The molecule has 146 valence electrons. The van der Waals surface area contributed by atoms with Crippen molar-refractivity contribution in [1.82, 2.24) is 5.32 Å². The van der Waals surface area contributed by atoms with Crippen molar-refractivity contribution in [3.05, 3.63) is 48.5 Å². The van der Waals surface area contributed by atoms with Crippen LogP contribution in [-0.4, -0.2) is 46.9 Å². The lowest BCUT2D eigenvalue weighted by molar-refractivity contribution is -0.115. The van der Waals surface area contributed by atoms with Crippen LogP contribution in [0.1, 0.15) is 6.92 Å². The van der Waals surface area contributed by atoms with Gasteiger partial charge in [0.15, 0.2) is 9.84 Å². The summed E-state index contributed by atoms with van der Waals surface area (Å²) in [4.78, 5) is 12.0. The van der Waals surface area contributed by atoms with Gasteiger partial charge < -0.3 is 20.1 Å². The molecule has 2 aromatic carbocycles. The first-order valence-corrected chi connectivity index (χ1v) is 10.2. The Hall–Kier alpha value is -2.42. The normalized spacial score (nSPS) is 11.2. The molecule has 7 nitrogen and oxygen atoms in total. The Morgan fingerprint density at radius 1 is 1.07 bits per heavy atom. The second-order valence-corrected chi connectivity index (χ2v) is 7.94. The van der Waals surface area contributed by atoms with Crippen LogP contribution in [0, 0.1) is 0 Å². The van der Waals surface area contributed by atoms with E-state index in [9.17, 15) is 13.2 Å². The molecule has 0 unspecified atom stereocenters. The molecule has 2 aromatic rings. The molecule has 0 aliphatic carbocycles. The molecule has 0 fully saturated rings. The molecular formula is C19H24N2O5S. The average molecular weight is 392 g/mol. The van der Waals surface area contributed by atoms with Gasteiger partial charge in [-0.1, -0.05) is 19.1 Å². The van der Waals surface area contributed by atoms with Crippen LogP contribution in [0.4, 0.5) is 5.69 Å². The van der Waals surface area contributed by atoms with Gasteiger partial charge in [0, 0.05) is 19.3 Å². The molecule has 0 bridgehead atoms. The molecule has 0 spiro atoms. The number of rotatable bonds is 10. The van der Waals surface area contributed by atoms with E-state index in [1.54, 1.807) is 56.5 Å². The lowest BCUT2D eigenvalue weighted by Gasteiger charge is -2.12. The van der Waals surface area contributed by atoms with E-state index >= 15 is 0 Å². The number of benzene rings is 2. The molecule has 2 rings (SSSR count). The Balaban J connectivity index is 2.00. The monoisotopic (exact) mass is 392 g/mol. The number of methoxy groups -OCH3 is 1. The molecule has 0 aliphatic rings. The van der Waals surface area contributed by atoms with Gasteiger partial charge in [0.2, 0.25) is 5.91 Å². The van der Waals surface area contributed by atoms with Crippen LogP contribution in [0.2, 0.25) is 0 Å². The standard InChI is InChI=1S/C19H24N2O5S/c1-3-27(23,24)18-7-5-4-6-17(18)26-16-10-8-15(9-11-16)21-19(22)14-20-12-13-25-2/h4-11,20H,3,12-14H2,1-2H3,(H,21,22). The van der Waals surface area contributed by atoms with Crippen LogP contribution in [0.5, 0.6) is 11.5 Å². The second kappa shape index (κ2) is 10.1. The molecule has 0 radical (unpaired) electrons. The van der Waals surface area contributed by atoms with Crippen LogP contribution in [0.25, 0.3) is 0 Å². The van der Waals surface area contributed by atoms with E-state index in [1.807, 2.05) is 0 Å². The molecule has 0 saturated carbocycles. The van der Waals surface area contributed by atoms with Gasteiger partial charge in [0.1, 0.15) is 16.4 Å². The van der Waals surface area contributed by atoms with Gasteiger partial charge in [-0.25, -0.2) is 8.42 Å². The van der Waals surface area contributed by atoms with Crippen molar-refractivity contribution >= 4 is 21.4 Å². The summed E-state index contributed by atoms with van der Waals surface area (Å²) in [6.07, 6.45) is 0. The fraction of sp³-hybridized carbons (Fsp3) is 0.316. The van der Waals surface area contributed by atoms with Gasteiger partial charge in [0.05, 0.1) is 18.9 Å². The number of carbonyl (C=O) groups excluding carboxylic acids is 1. The topological polar surface area (TPSA) is 93.7 Å². The Morgan fingerprint density at radius 3 is 2.44 bits per heavy atom. The first kappa shape index (κ1) is 20.9. The minimum absolute atomic E-state index is 0.00321. The predicted molar refractivity (Wildman–Crippen MR) is 104 cm³/mol. The summed E-state index contributed by atoms with van der Waals surface area (Å²) in [5.74, 6) is 0.583. The fourth-order valence-electron chi connectivity index (χ4n) is 2.26. The van der Waals surface area contributed by atoms with E-state index in [2.05, 4.69) is 10.6 Å². The number of para-hydroxylation sites is 1. The number of ether oxygens (including phenoxy) is 2. The van der Waals surface area contributed by atoms with Gasteiger partial charge in [0.25, 0.3) is 0 Å². The maximum absolute atomic E-state index is 12.2. The van der Waals surface area contributed by atoms with Crippen molar-refractivity contribution in [3.63, 3.8) is 0 Å². The molecule has 0 atom stereocenters. The van der Waals surface area contributed by atoms with Crippen LogP contribution in [0.15, 0.2) is 53.4 Å². The Bertz CT molecular complexity index is 851. The van der Waals surface area contributed by atoms with Crippen LogP contribution in [-0.2, 0) is 19.4 Å². The summed E-state index contributed by atoms with van der Waals surface area (Å²) < 4.78 is 35.0. The van der Waals surface area contributed by atoms with Gasteiger partial charge in [-0.2, -0.15) is 0 Å². The Morgan fingerprint density at radius 2 is 1.78 bits per heavy atom. The number of amides is 1. The van der Waals surface area contributed by atoms with E-state index < -0.39 is 9.84 Å². The smallest absolute Gasteiger partial charge is 0.238 e. The number of carbonyl (C=O) groups is 1. The van der Waals surface area contributed by atoms with E-state index in [0.717, 1.165) is 0 Å². The molecule has 8 heteroatoms. The number of sulfone groups is 1. The molecule has 0 saturated heterocycles. The molecule has 2 N–H and O–H groups in total. The van der Waals surface area contributed by atoms with Crippen molar-refractivity contribution in [1.29, 1.82) is 0 Å². The summed E-state index contributed by atoms with van der Waals surface area (Å²) in [5, 5.41) is 5.72. The average Bonchev–Trinajstić information content (AvgIpc) is 2.67. The SMILES string of the molecule is CCS(=O)(=O)c1ccccc1Oc1ccc(NC(=O)CNCCOC)cc1. The molecular weight excluding hydrogens is 368 g/mol. The first-order valence-electron chi connectivity index (χ1n) is 8.55. The summed E-state index contributed by atoms with van der Waals surface area (Å²) in [6, 6.07) is 13.2. The third kappa shape index (κ3) is 6.35. The highest BCUT2D eigenvalue weighted by Gasteiger charge is 2.17. The zero-order valence-corrected chi connectivity index (χ0v) is 16.2. The lowest BCUT2D eigenvalue weighted by atomic mass is 10.3. The highest BCUT2D eigenvalue weighted by molar-refractivity contribution is 7.91. The van der Waals surface area contributed by atoms with E-state index in [0.29, 0.717) is 24.6 Å². The molecule has 0 aromatic heterocycles. The van der Waals surface area contributed by atoms with Gasteiger partial charge >= 0.3 is 0 Å². The minimum atomic E-state index is -3.38. The van der Waals surface area contributed by atoms with Gasteiger partial charge in [-0.3, -0.25) is 4.79 Å². The van der Waals surface area contributed by atoms with Crippen molar-refractivity contribution in [3.8, 4) is 11.5 Å². The summed E-state index contributed by atoms with van der Waals surface area (Å²) >= 11 is 0. The third-order valence-corrected chi connectivity index (χ3v) is 5.47. The predicted octanol–water partition coefficient (Wildman–Crippen LogP) is 2.45. The Labute approximate surface area is 159 Å². The molecule has 1 amide bonds. The zero-order valence-electron chi connectivity index (χ0n) is 15.4. The quantitative estimate of drug-likeness (QED) is 0.603. The number of anilines is 1. The van der Waals surface area contributed by atoms with Crippen LogP contribution in [0.3, 0.4) is 0 Å². The van der Waals surface area contributed by atoms with Gasteiger partial charge in [-0.05, 0) is 36.4 Å². The lowest BCUT2D eigenvalue weighted by Crippen LogP contribution is -2.30. The fourth-order valence-corrected chi connectivity index (χ4v) is 3.27. The largest absolute Gasteiger partial charge is 0.456 e. The molecule has 27 heavy (non-hydrogen) atoms. The number of hydrogen-bond acceptors (Lipinski definition) is 6. The Kier molecular flexibility index (Phi) is 7.78. The number of hydrogen-bond donors (Lipinski definition) is 2. The van der Waals surface area contributed by atoms with Crippen molar-refractivity contribution in [2.75, 3.05) is 37.9 Å². The van der Waals surface area contributed by atoms with E-state index in [1.165, 1.54) is 6.07 Å². The van der Waals surface area contributed by atoms with Crippen LogP contribution < -0.4 is 15.4 Å².